The van der Waals surface area contributed by atoms with E-state index >= 15 is 0 Å². The molecule has 0 aromatic heterocycles. The molecule has 2 nitrogen and oxygen atoms in total. The van der Waals surface area contributed by atoms with Gasteiger partial charge in [0.1, 0.15) is 0 Å². The van der Waals surface area contributed by atoms with Gasteiger partial charge in [0.25, 0.3) is 0 Å². The number of alkyl halides is 4. The number of esters is 1. The monoisotopic (exact) mass is 356 g/mol. The van der Waals surface area contributed by atoms with Crippen LogP contribution in [0.1, 0.15) is 90.9 Å². The Kier molecular flexibility index (Phi) is 12.1. The van der Waals surface area contributed by atoms with Gasteiger partial charge in [-0.15, -0.1) is 0 Å². The van der Waals surface area contributed by atoms with E-state index in [1.165, 1.54) is 0 Å². The van der Waals surface area contributed by atoms with E-state index in [4.69, 9.17) is 0 Å². The molecule has 0 aromatic rings. The highest BCUT2D eigenvalue weighted by atomic mass is 19.4. The maximum absolute atomic E-state index is 14.3. The first-order valence-electron chi connectivity index (χ1n) is 9.22. The summed E-state index contributed by atoms with van der Waals surface area (Å²) >= 11 is 0. The van der Waals surface area contributed by atoms with Crippen molar-refractivity contribution >= 4 is 5.97 Å². The van der Waals surface area contributed by atoms with Crippen LogP contribution in [0.25, 0.3) is 0 Å². The predicted molar refractivity (Wildman–Crippen MR) is 87.6 cm³/mol. The molecular formula is C18H32F4O2. The number of hydrogen-bond acceptors (Lipinski definition) is 2. The van der Waals surface area contributed by atoms with Gasteiger partial charge in [0.05, 0.1) is 6.61 Å². The predicted octanol–water partition coefficient (Wildman–Crippen LogP) is 6.52. The Hall–Kier alpha value is -0.810. The number of halogens is 4. The SMILES string of the molecule is CCCCCCCCCCC(F)(C(=O)OCCCCC)C(F)(F)F. The van der Waals surface area contributed by atoms with E-state index < -0.39 is 24.2 Å². The topological polar surface area (TPSA) is 26.3 Å². The van der Waals surface area contributed by atoms with E-state index in [1.54, 1.807) is 0 Å². The highest BCUT2D eigenvalue weighted by Crippen LogP contribution is 2.39. The first-order chi connectivity index (χ1) is 11.3. The van der Waals surface area contributed by atoms with Crippen LogP contribution >= 0.6 is 0 Å². The van der Waals surface area contributed by atoms with Crippen molar-refractivity contribution in [1.82, 2.24) is 0 Å². The summed E-state index contributed by atoms with van der Waals surface area (Å²) in [6, 6.07) is 0. The summed E-state index contributed by atoms with van der Waals surface area (Å²) in [5, 5.41) is 0. The van der Waals surface area contributed by atoms with Gasteiger partial charge in [-0.3, -0.25) is 0 Å². The maximum Gasteiger partial charge on any atom is 0.433 e. The van der Waals surface area contributed by atoms with E-state index in [-0.39, 0.29) is 13.0 Å². The van der Waals surface area contributed by atoms with Gasteiger partial charge in [0.2, 0.25) is 0 Å². The second-order valence-corrected chi connectivity index (χ2v) is 6.37. The highest BCUT2D eigenvalue weighted by Gasteiger charge is 2.62. The summed E-state index contributed by atoms with van der Waals surface area (Å²) in [7, 11) is 0. The number of hydrogen-bond donors (Lipinski definition) is 0. The molecule has 0 aromatic carbocycles. The third kappa shape index (κ3) is 8.88. The Morgan fingerprint density at radius 1 is 0.750 bits per heavy atom. The molecule has 0 radical (unpaired) electrons. The lowest BCUT2D eigenvalue weighted by atomic mass is 9.96. The second kappa shape index (κ2) is 12.5. The van der Waals surface area contributed by atoms with Crippen LogP contribution < -0.4 is 0 Å². The van der Waals surface area contributed by atoms with Crippen molar-refractivity contribution < 1.29 is 27.1 Å². The maximum atomic E-state index is 14.3. The van der Waals surface area contributed by atoms with Gasteiger partial charge < -0.3 is 4.74 Å². The minimum absolute atomic E-state index is 0.0356. The Morgan fingerprint density at radius 3 is 1.71 bits per heavy atom. The summed E-state index contributed by atoms with van der Waals surface area (Å²) in [6.07, 6.45) is 2.65. The summed E-state index contributed by atoms with van der Waals surface area (Å²) in [5.41, 5.74) is -3.87. The second-order valence-electron chi connectivity index (χ2n) is 6.37. The molecule has 0 aliphatic carbocycles. The molecule has 0 amide bonds. The Morgan fingerprint density at radius 2 is 1.21 bits per heavy atom. The Bertz CT molecular complexity index is 331. The quantitative estimate of drug-likeness (QED) is 0.201. The van der Waals surface area contributed by atoms with Crippen LogP contribution in [-0.4, -0.2) is 24.4 Å². The number of ether oxygens (including phenoxy) is 1. The van der Waals surface area contributed by atoms with E-state index in [0.29, 0.717) is 12.8 Å². The fourth-order valence-corrected chi connectivity index (χ4v) is 2.49. The van der Waals surface area contributed by atoms with Crippen LogP contribution in [0.5, 0.6) is 0 Å². The van der Waals surface area contributed by atoms with Crippen LogP contribution in [0.15, 0.2) is 0 Å². The molecule has 0 N–H and O–H groups in total. The number of carbonyl (C=O) groups is 1. The molecular weight excluding hydrogens is 324 g/mol. The van der Waals surface area contributed by atoms with Crippen molar-refractivity contribution in [3.05, 3.63) is 0 Å². The molecule has 1 atom stereocenters. The van der Waals surface area contributed by atoms with E-state index in [0.717, 1.165) is 51.4 Å². The molecule has 0 aliphatic rings. The van der Waals surface area contributed by atoms with Crippen molar-refractivity contribution in [2.45, 2.75) is 103 Å². The molecule has 1 unspecified atom stereocenters. The fourth-order valence-electron chi connectivity index (χ4n) is 2.49. The van der Waals surface area contributed by atoms with Gasteiger partial charge in [-0.05, 0) is 12.8 Å². The molecule has 0 saturated carbocycles. The number of carbonyl (C=O) groups excluding carboxylic acids is 1. The van der Waals surface area contributed by atoms with Gasteiger partial charge >= 0.3 is 17.8 Å². The van der Waals surface area contributed by atoms with E-state index in [1.807, 2.05) is 6.92 Å². The van der Waals surface area contributed by atoms with Crippen LogP contribution in [-0.2, 0) is 9.53 Å². The zero-order valence-electron chi connectivity index (χ0n) is 15.0. The van der Waals surface area contributed by atoms with E-state index in [2.05, 4.69) is 11.7 Å². The number of rotatable bonds is 14. The third-order valence-corrected chi connectivity index (χ3v) is 4.13. The van der Waals surface area contributed by atoms with Crippen molar-refractivity contribution in [2.24, 2.45) is 0 Å². The van der Waals surface area contributed by atoms with E-state index in [9.17, 15) is 22.4 Å². The van der Waals surface area contributed by atoms with Gasteiger partial charge in [-0.2, -0.15) is 13.2 Å². The summed E-state index contributed by atoms with van der Waals surface area (Å²) in [6.45, 7) is 3.87. The first kappa shape index (κ1) is 23.2. The fraction of sp³-hybridized carbons (Fsp3) is 0.944. The summed E-state index contributed by atoms with van der Waals surface area (Å²) in [5.74, 6) is -1.78. The minimum atomic E-state index is -5.23. The molecule has 0 aliphatic heterocycles. The average molecular weight is 356 g/mol. The van der Waals surface area contributed by atoms with Crippen LogP contribution in [0, 0.1) is 0 Å². The molecule has 6 heteroatoms. The summed E-state index contributed by atoms with van der Waals surface area (Å²) in [4.78, 5) is 11.6. The molecule has 0 fully saturated rings. The molecule has 0 heterocycles. The van der Waals surface area contributed by atoms with Crippen molar-refractivity contribution in [3.8, 4) is 0 Å². The molecule has 24 heavy (non-hydrogen) atoms. The molecule has 0 rings (SSSR count). The van der Waals surface area contributed by atoms with Gasteiger partial charge in [0, 0.05) is 6.42 Å². The van der Waals surface area contributed by atoms with Crippen LogP contribution in [0.2, 0.25) is 0 Å². The molecule has 0 saturated heterocycles. The third-order valence-electron chi connectivity index (χ3n) is 4.13. The molecule has 0 bridgehead atoms. The van der Waals surface area contributed by atoms with Gasteiger partial charge in [-0.1, -0.05) is 71.6 Å². The molecule has 144 valence electrons. The highest BCUT2D eigenvalue weighted by molar-refractivity contribution is 5.80. The number of unbranched alkanes of at least 4 members (excludes halogenated alkanes) is 9. The minimum Gasteiger partial charge on any atom is -0.463 e. The molecule has 0 spiro atoms. The van der Waals surface area contributed by atoms with Crippen molar-refractivity contribution in [2.75, 3.05) is 6.61 Å². The standard InChI is InChI=1S/C18H32F4O2/c1-3-5-7-8-9-10-11-12-14-17(19,18(20,21)22)16(23)24-15-13-6-4-2/h3-15H2,1-2H3. The van der Waals surface area contributed by atoms with Gasteiger partial charge in [0.15, 0.2) is 0 Å². The Balaban J connectivity index is 4.23. The zero-order valence-corrected chi connectivity index (χ0v) is 15.0. The van der Waals surface area contributed by atoms with Crippen LogP contribution in [0.3, 0.4) is 0 Å². The van der Waals surface area contributed by atoms with Crippen molar-refractivity contribution in [1.29, 1.82) is 0 Å². The lowest BCUT2D eigenvalue weighted by molar-refractivity contribution is -0.241. The van der Waals surface area contributed by atoms with Crippen LogP contribution in [0.4, 0.5) is 17.6 Å². The normalized spacial score (nSPS) is 14.4. The van der Waals surface area contributed by atoms with Crippen molar-refractivity contribution in [3.63, 3.8) is 0 Å². The lowest BCUT2D eigenvalue weighted by Crippen LogP contribution is -2.49. The summed E-state index contributed by atoms with van der Waals surface area (Å²) < 4.78 is 57.7. The smallest absolute Gasteiger partial charge is 0.433 e. The van der Waals surface area contributed by atoms with Gasteiger partial charge in [-0.25, -0.2) is 9.18 Å². The Labute approximate surface area is 143 Å². The largest absolute Gasteiger partial charge is 0.463 e. The average Bonchev–Trinajstić information content (AvgIpc) is 2.52. The zero-order chi connectivity index (χ0) is 18.5. The first-order valence-corrected chi connectivity index (χ1v) is 9.22. The lowest BCUT2D eigenvalue weighted by Gasteiger charge is -2.25.